The number of benzene rings is 1. The average molecular weight is 276 g/mol. The number of hydrogen-bond donors (Lipinski definition) is 2. The Bertz CT molecular complexity index is 549. The molecule has 0 saturated carbocycles. The van der Waals surface area contributed by atoms with Crippen LogP contribution in [0.3, 0.4) is 0 Å². The molecule has 0 unspecified atom stereocenters. The Kier molecular flexibility index (Phi) is 3.97. The van der Waals surface area contributed by atoms with Crippen molar-refractivity contribution in [3.05, 3.63) is 30.3 Å². The van der Waals surface area contributed by atoms with Crippen molar-refractivity contribution < 1.29 is 10.4 Å². The molecule has 2 aromatic rings. The lowest BCUT2D eigenvalue weighted by Crippen LogP contribution is -2.23. The Morgan fingerprint density at radius 2 is 1.20 bits per heavy atom. The first kappa shape index (κ1) is 14.0. The van der Waals surface area contributed by atoms with Crippen molar-refractivity contribution >= 4 is 23.5 Å². The van der Waals surface area contributed by atoms with Gasteiger partial charge in [-0.25, -0.2) is 10.1 Å². The van der Waals surface area contributed by atoms with Crippen LogP contribution < -0.4 is 15.0 Å². The lowest BCUT2D eigenvalue weighted by Gasteiger charge is -2.20. The highest BCUT2D eigenvalue weighted by Gasteiger charge is 2.15. The maximum Gasteiger partial charge on any atom is 0.256 e. The molecule has 0 fully saturated rings. The summed E-state index contributed by atoms with van der Waals surface area (Å²) in [7, 11) is 4.57. The predicted molar refractivity (Wildman–Crippen MR) is 74.7 cm³/mol. The van der Waals surface area contributed by atoms with Crippen LogP contribution in [0.4, 0.5) is 23.5 Å². The predicted octanol–water partition coefficient (Wildman–Crippen LogP) is 1.29. The van der Waals surface area contributed by atoms with Crippen LogP contribution in [0.25, 0.3) is 0 Å². The Morgan fingerprint density at radius 1 is 0.750 bits per heavy atom. The molecular weight excluding hydrogens is 260 g/mol. The molecule has 20 heavy (non-hydrogen) atoms. The van der Waals surface area contributed by atoms with Gasteiger partial charge in [0, 0.05) is 26.8 Å². The van der Waals surface area contributed by atoms with Gasteiger partial charge >= 0.3 is 0 Å². The summed E-state index contributed by atoms with van der Waals surface area (Å²) < 4.78 is 0. The molecule has 0 bridgehead atoms. The van der Waals surface area contributed by atoms with E-state index in [9.17, 15) is 10.4 Å². The van der Waals surface area contributed by atoms with Crippen molar-refractivity contribution in [2.24, 2.45) is 0 Å². The molecule has 8 heteroatoms. The highest BCUT2D eigenvalue weighted by Crippen LogP contribution is 2.22. The van der Waals surface area contributed by atoms with E-state index in [-0.39, 0.29) is 11.9 Å². The van der Waals surface area contributed by atoms with E-state index >= 15 is 0 Å². The van der Waals surface area contributed by atoms with Gasteiger partial charge in [-0.1, -0.05) is 18.2 Å². The summed E-state index contributed by atoms with van der Waals surface area (Å²) in [6, 6.07) is 9.49. The van der Waals surface area contributed by atoms with Crippen molar-refractivity contribution in [1.82, 2.24) is 15.0 Å². The second-order valence-corrected chi connectivity index (χ2v) is 4.18. The summed E-state index contributed by atoms with van der Waals surface area (Å²) in [5, 5.41) is 20.5. The SMILES string of the molecule is CN(O)c1nc(N(C)O)nc(N(C)c2ccccc2)n1. The quantitative estimate of drug-likeness (QED) is 0.808. The first-order valence-electron chi connectivity index (χ1n) is 5.89. The van der Waals surface area contributed by atoms with Gasteiger partial charge < -0.3 is 4.90 Å². The Balaban J connectivity index is 2.45. The largest absolute Gasteiger partial charge is 0.313 e. The van der Waals surface area contributed by atoms with Crippen molar-refractivity contribution in [2.75, 3.05) is 36.2 Å². The van der Waals surface area contributed by atoms with Crippen molar-refractivity contribution in [1.29, 1.82) is 0 Å². The third-order valence-corrected chi connectivity index (χ3v) is 2.62. The number of aromatic nitrogens is 3. The molecule has 8 nitrogen and oxygen atoms in total. The maximum absolute atomic E-state index is 9.47. The van der Waals surface area contributed by atoms with Gasteiger partial charge in [-0.2, -0.15) is 15.0 Å². The van der Waals surface area contributed by atoms with Crippen molar-refractivity contribution in [3.63, 3.8) is 0 Å². The molecule has 1 aromatic heterocycles. The molecule has 106 valence electrons. The third kappa shape index (κ3) is 2.92. The smallest absolute Gasteiger partial charge is 0.256 e. The summed E-state index contributed by atoms with van der Waals surface area (Å²) in [6.07, 6.45) is 0. The van der Waals surface area contributed by atoms with Crippen LogP contribution in [0.5, 0.6) is 0 Å². The lowest BCUT2D eigenvalue weighted by molar-refractivity contribution is 0.263. The zero-order valence-corrected chi connectivity index (χ0v) is 11.5. The van der Waals surface area contributed by atoms with Crippen LogP contribution in [0.15, 0.2) is 30.3 Å². The summed E-state index contributed by atoms with van der Waals surface area (Å²) in [6.45, 7) is 0. The second-order valence-electron chi connectivity index (χ2n) is 4.18. The topological polar surface area (TPSA) is 88.8 Å². The van der Waals surface area contributed by atoms with E-state index < -0.39 is 0 Å². The number of nitrogens with zero attached hydrogens (tertiary/aromatic N) is 6. The number of hydroxylamine groups is 2. The third-order valence-electron chi connectivity index (χ3n) is 2.62. The molecular formula is C12H16N6O2. The highest BCUT2D eigenvalue weighted by molar-refractivity contribution is 5.58. The number of rotatable bonds is 4. The van der Waals surface area contributed by atoms with Crippen molar-refractivity contribution in [2.45, 2.75) is 0 Å². The van der Waals surface area contributed by atoms with Crippen LogP contribution in [-0.4, -0.2) is 46.5 Å². The molecule has 0 saturated heterocycles. The molecule has 0 aliphatic carbocycles. The molecule has 0 spiro atoms. The highest BCUT2D eigenvalue weighted by atomic mass is 16.5. The van der Waals surface area contributed by atoms with Crippen LogP contribution in [0.2, 0.25) is 0 Å². The van der Waals surface area contributed by atoms with Crippen molar-refractivity contribution in [3.8, 4) is 0 Å². The minimum Gasteiger partial charge on any atom is -0.313 e. The van der Waals surface area contributed by atoms with Gasteiger partial charge in [0.15, 0.2) is 0 Å². The van der Waals surface area contributed by atoms with Crippen LogP contribution in [-0.2, 0) is 0 Å². The van der Waals surface area contributed by atoms with Gasteiger partial charge in [0.25, 0.3) is 11.9 Å². The Labute approximate surface area is 116 Å². The number of anilines is 4. The first-order chi connectivity index (χ1) is 9.49. The van der Waals surface area contributed by atoms with Crippen LogP contribution in [0.1, 0.15) is 0 Å². The molecule has 2 N–H and O–H groups in total. The summed E-state index contributed by atoms with van der Waals surface area (Å²) in [5.74, 6) is 0.375. The fraction of sp³-hybridized carbons (Fsp3) is 0.250. The van der Waals surface area contributed by atoms with E-state index in [0.717, 1.165) is 15.8 Å². The first-order valence-corrected chi connectivity index (χ1v) is 5.89. The zero-order chi connectivity index (χ0) is 14.7. The number of para-hydroxylation sites is 1. The van der Waals surface area contributed by atoms with Gasteiger partial charge in [0.1, 0.15) is 0 Å². The van der Waals surface area contributed by atoms with E-state index in [2.05, 4.69) is 15.0 Å². The van der Waals surface area contributed by atoms with E-state index in [1.807, 2.05) is 30.3 Å². The normalized spacial score (nSPS) is 10.2. The minimum atomic E-state index is 0.0358. The molecule has 0 aliphatic heterocycles. The second kappa shape index (κ2) is 5.68. The van der Waals surface area contributed by atoms with E-state index in [1.54, 1.807) is 11.9 Å². The average Bonchev–Trinajstić information content (AvgIpc) is 2.46. The molecule has 0 atom stereocenters. The van der Waals surface area contributed by atoms with Gasteiger partial charge in [-0.3, -0.25) is 10.4 Å². The Morgan fingerprint density at radius 3 is 1.65 bits per heavy atom. The van der Waals surface area contributed by atoms with Crippen LogP contribution >= 0.6 is 0 Å². The molecule has 0 amide bonds. The standard InChI is InChI=1S/C12H16N6O2/c1-16(9-7-5-4-6-8-9)10-13-11(17(2)19)15-12(14-10)18(3)20/h4-8,19-20H,1-3H3. The van der Waals surface area contributed by atoms with E-state index in [0.29, 0.717) is 5.95 Å². The summed E-state index contributed by atoms with van der Waals surface area (Å²) in [4.78, 5) is 13.9. The molecule has 2 rings (SSSR count). The monoisotopic (exact) mass is 276 g/mol. The fourth-order valence-corrected chi connectivity index (χ4v) is 1.55. The van der Waals surface area contributed by atoms with E-state index in [4.69, 9.17) is 0 Å². The summed E-state index contributed by atoms with van der Waals surface area (Å²) in [5.41, 5.74) is 0.872. The van der Waals surface area contributed by atoms with E-state index in [1.165, 1.54) is 14.1 Å². The minimum absolute atomic E-state index is 0.0358. The fourth-order valence-electron chi connectivity index (χ4n) is 1.55. The molecule has 0 aliphatic rings. The van der Waals surface area contributed by atoms with Gasteiger partial charge in [-0.05, 0) is 12.1 Å². The van der Waals surface area contributed by atoms with Gasteiger partial charge in [-0.15, -0.1) is 0 Å². The lowest BCUT2D eigenvalue weighted by atomic mass is 10.3. The molecule has 1 aromatic carbocycles. The summed E-state index contributed by atoms with van der Waals surface area (Å²) >= 11 is 0. The van der Waals surface area contributed by atoms with Crippen LogP contribution in [0, 0.1) is 0 Å². The Hall–Kier alpha value is -2.45. The molecule has 0 radical (unpaired) electrons. The van der Waals surface area contributed by atoms with Gasteiger partial charge in [0.2, 0.25) is 5.95 Å². The zero-order valence-electron chi connectivity index (χ0n) is 11.5. The van der Waals surface area contributed by atoms with Gasteiger partial charge in [0.05, 0.1) is 0 Å². The molecule has 1 heterocycles. The maximum atomic E-state index is 9.47. The number of hydrogen-bond acceptors (Lipinski definition) is 8.